The maximum Gasteiger partial charge on any atom is 0.147 e. The van der Waals surface area contributed by atoms with Crippen molar-refractivity contribution in [2.75, 3.05) is 0 Å². The normalized spacial score (nSPS) is 13.0. The molecule has 106 valence electrons. The van der Waals surface area contributed by atoms with Crippen LogP contribution in [0.3, 0.4) is 0 Å². The Balaban J connectivity index is 2.19. The summed E-state index contributed by atoms with van der Waals surface area (Å²) in [5.74, 6) is -0.307. The Hall–Kier alpha value is -1.67. The maximum atomic E-state index is 10.9. The van der Waals surface area contributed by atoms with Crippen LogP contribution in [0.4, 0.5) is 0 Å². The van der Waals surface area contributed by atoms with Crippen molar-refractivity contribution >= 4 is 28.5 Å². The van der Waals surface area contributed by atoms with Crippen LogP contribution in [0, 0.1) is 0 Å². The largest absolute Gasteiger partial charge is 0.466 e. The number of hydrogen-bond donors (Lipinski definition) is 1. The van der Waals surface area contributed by atoms with Crippen molar-refractivity contribution in [2.45, 2.75) is 5.85 Å². The Morgan fingerprint density at radius 1 is 0.810 bits per heavy atom. The van der Waals surface area contributed by atoms with Gasteiger partial charge >= 0.3 is 0 Å². The van der Waals surface area contributed by atoms with Crippen LogP contribution >= 0.6 is 6.04 Å². The van der Waals surface area contributed by atoms with E-state index < -0.39 is 11.9 Å². The lowest BCUT2D eigenvalue weighted by atomic mass is 10.4. The minimum atomic E-state index is -2.41. The Morgan fingerprint density at radius 2 is 1.33 bits per heavy atom. The second-order valence-electron chi connectivity index (χ2n) is 4.72. The highest BCUT2D eigenvalue weighted by molar-refractivity contribution is 8.21. The molecular formula is C17H15O2PS. The Morgan fingerprint density at radius 3 is 1.76 bits per heavy atom. The van der Waals surface area contributed by atoms with E-state index in [1.165, 1.54) is 0 Å². The molecule has 0 amide bonds. The van der Waals surface area contributed by atoms with Gasteiger partial charge < -0.3 is 9.52 Å². The number of aliphatic hydroxyl groups excluding tert-OH is 1. The van der Waals surface area contributed by atoms with Gasteiger partial charge in [-0.1, -0.05) is 72.5 Å². The van der Waals surface area contributed by atoms with Crippen molar-refractivity contribution < 1.29 is 9.52 Å². The van der Waals surface area contributed by atoms with E-state index in [0.29, 0.717) is 5.76 Å². The molecule has 1 atom stereocenters. The van der Waals surface area contributed by atoms with Crippen molar-refractivity contribution in [1.29, 1.82) is 0 Å². The molecule has 21 heavy (non-hydrogen) atoms. The molecule has 1 N–H and O–H groups in total. The van der Waals surface area contributed by atoms with Gasteiger partial charge in [0.15, 0.2) is 0 Å². The third kappa shape index (κ3) is 2.60. The molecule has 1 aromatic heterocycles. The molecule has 4 heteroatoms. The number of rotatable bonds is 4. The quantitative estimate of drug-likeness (QED) is 0.749. The van der Waals surface area contributed by atoms with E-state index in [0.717, 1.165) is 10.6 Å². The van der Waals surface area contributed by atoms with Gasteiger partial charge in [0.1, 0.15) is 11.6 Å². The Bertz CT molecular complexity index is 695. The summed E-state index contributed by atoms with van der Waals surface area (Å²) >= 11 is 6.01. The Kier molecular flexibility index (Phi) is 4.07. The summed E-state index contributed by atoms with van der Waals surface area (Å²) in [6.45, 7) is 0. The fraction of sp³-hybridized carbons (Fsp3) is 0.0588. The fourth-order valence-corrected chi connectivity index (χ4v) is 5.99. The van der Waals surface area contributed by atoms with Crippen LogP contribution in [0.1, 0.15) is 11.6 Å². The Labute approximate surface area is 129 Å². The first-order chi connectivity index (χ1) is 10.2. The molecule has 2 nitrogen and oxygen atoms in total. The smallest absolute Gasteiger partial charge is 0.147 e. The molecule has 2 aromatic carbocycles. The summed E-state index contributed by atoms with van der Waals surface area (Å²) in [5.41, 5.74) is 0. The number of furan rings is 1. The van der Waals surface area contributed by atoms with Gasteiger partial charge in [-0.15, -0.1) is 0 Å². The molecule has 0 bridgehead atoms. The van der Waals surface area contributed by atoms with Crippen molar-refractivity contribution in [3.05, 3.63) is 84.8 Å². The molecule has 0 saturated heterocycles. The third-order valence-electron chi connectivity index (χ3n) is 3.42. The van der Waals surface area contributed by atoms with E-state index >= 15 is 0 Å². The van der Waals surface area contributed by atoms with Crippen molar-refractivity contribution in [1.82, 2.24) is 0 Å². The average Bonchev–Trinajstić information content (AvgIpc) is 3.09. The summed E-state index contributed by atoms with van der Waals surface area (Å²) < 4.78 is 5.40. The summed E-state index contributed by atoms with van der Waals surface area (Å²) in [5, 5.41) is 12.8. The summed E-state index contributed by atoms with van der Waals surface area (Å²) in [4.78, 5) is 0. The molecular weight excluding hydrogens is 299 g/mol. The molecule has 0 radical (unpaired) electrons. The van der Waals surface area contributed by atoms with Gasteiger partial charge in [-0.25, -0.2) is 0 Å². The lowest BCUT2D eigenvalue weighted by Gasteiger charge is -2.27. The topological polar surface area (TPSA) is 33.4 Å². The van der Waals surface area contributed by atoms with E-state index in [9.17, 15) is 5.11 Å². The molecule has 0 aliphatic rings. The van der Waals surface area contributed by atoms with Gasteiger partial charge in [-0.2, -0.15) is 0 Å². The monoisotopic (exact) mass is 314 g/mol. The van der Waals surface area contributed by atoms with Crippen molar-refractivity contribution in [3.63, 3.8) is 0 Å². The van der Waals surface area contributed by atoms with Gasteiger partial charge in [0.2, 0.25) is 0 Å². The molecule has 3 rings (SSSR count). The number of aliphatic hydroxyl groups is 1. The molecule has 3 aromatic rings. The first-order valence-electron chi connectivity index (χ1n) is 6.65. The van der Waals surface area contributed by atoms with Crippen LogP contribution in [-0.2, 0) is 11.8 Å². The second kappa shape index (κ2) is 5.98. The third-order valence-corrected chi connectivity index (χ3v) is 8.36. The molecule has 0 fully saturated rings. The zero-order valence-corrected chi connectivity index (χ0v) is 13.0. The first kappa shape index (κ1) is 14.3. The van der Waals surface area contributed by atoms with Gasteiger partial charge in [0.05, 0.1) is 6.26 Å². The lowest BCUT2D eigenvalue weighted by molar-refractivity contribution is 0.232. The molecule has 1 unspecified atom stereocenters. The zero-order chi connectivity index (χ0) is 14.7. The first-order valence-corrected chi connectivity index (χ1v) is 9.52. The predicted molar refractivity (Wildman–Crippen MR) is 90.1 cm³/mol. The minimum Gasteiger partial charge on any atom is -0.466 e. The van der Waals surface area contributed by atoms with Gasteiger partial charge in [0.25, 0.3) is 0 Å². The van der Waals surface area contributed by atoms with E-state index in [-0.39, 0.29) is 0 Å². The number of hydrogen-bond acceptors (Lipinski definition) is 3. The number of benzene rings is 2. The zero-order valence-electron chi connectivity index (χ0n) is 11.3. The van der Waals surface area contributed by atoms with Gasteiger partial charge in [-0.05, 0) is 22.7 Å². The van der Waals surface area contributed by atoms with Crippen LogP contribution < -0.4 is 10.6 Å². The molecule has 0 aliphatic heterocycles. The summed E-state index contributed by atoms with van der Waals surface area (Å²) in [7, 11) is 0. The van der Waals surface area contributed by atoms with E-state index in [4.69, 9.17) is 16.2 Å². The molecule has 0 saturated carbocycles. The highest BCUT2D eigenvalue weighted by atomic mass is 32.4. The summed E-state index contributed by atoms with van der Waals surface area (Å²) in [6, 6.07) is 20.8. The van der Waals surface area contributed by atoms with E-state index in [1.54, 1.807) is 18.4 Å². The van der Waals surface area contributed by atoms with Gasteiger partial charge in [0, 0.05) is 6.04 Å². The highest BCUT2D eigenvalue weighted by Gasteiger charge is 2.33. The highest BCUT2D eigenvalue weighted by Crippen LogP contribution is 2.55. The molecule has 1 heterocycles. The molecule has 0 spiro atoms. The SMILES string of the molecule is OC(c1ccco1)P(=S)(c1ccccc1)c1ccccc1. The van der Waals surface area contributed by atoms with Crippen molar-refractivity contribution in [2.24, 2.45) is 0 Å². The van der Waals surface area contributed by atoms with Crippen LogP contribution in [0.25, 0.3) is 0 Å². The van der Waals surface area contributed by atoms with Crippen LogP contribution in [0.2, 0.25) is 0 Å². The van der Waals surface area contributed by atoms with Gasteiger partial charge in [-0.3, -0.25) is 0 Å². The minimum absolute atomic E-state index is 0.519. The standard InChI is InChI=1S/C17H15O2PS/c18-17(16-12-7-13-19-16)20(21,14-8-3-1-4-9-14)15-10-5-2-6-11-15/h1-13,17-18H. The van der Waals surface area contributed by atoms with Crippen LogP contribution in [0.5, 0.6) is 0 Å². The van der Waals surface area contributed by atoms with E-state index in [1.807, 2.05) is 60.7 Å². The lowest BCUT2D eigenvalue weighted by Crippen LogP contribution is -2.20. The maximum absolute atomic E-state index is 10.9. The fourth-order valence-electron chi connectivity index (χ4n) is 2.35. The summed E-state index contributed by atoms with van der Waals surface area (Å²) in [6.07, 6.45) is 1.56. The van der Waals surface area contributed by atoms with Crippen molar-refractivity contribution in [3.8, 4) is 0 Å². The predicted octanol–water partition coefficient (Wildman–Crippen LogP) is 3.40. The van der Waals surface area contributed by atoms with Crippen LogP contribution in [0.15, 0.2) is 83.5 Å². The molecule has 0 aliphatic carbocycles. The average molecular weight is 314 g/mol. The second-order valence-corrected chi connectivity index (χ2v) is 9.28. The van der Waals surface area contributed by atoms with Crippen LogP contribution in [-0.4, -0.2) is 5.11 Å². The van der Waals surface area contributed by atoms with E-state index in [2.05, 4.69) is 0 Å².